The molecule has 2 amide bonds. The molecule has 51 heavy (non-hydrogen) atoms. The van der Waals surface area contributed by atoms with Gasteiger partial charge in [-0.05, 0) is 93.2 Å². The number of ether oxygens (including phenoxy) is 2. The van der Waals surface area contributed by atoms with E-state index in [2.05, 4.69) is 52.5 Å². The minimum atomic E-state index is -0.575. The molecule has 7 rings (SSSR count). The summed E-state index contributed by atoms with van der Waals surface area (Å²) in [5.41, 5.74) is 4.99. The van der Waals surface area contributed by atoms with Crippen molar-refractivity contribution in [3.63, 3.8) is 0 Å². The lowest BCUT2D eigenvalue weighted by molar-refractivity contribution is 0.0141. The number of nitrogens with one attached hydrogen (secondary N) is 2. The Morgan fingerprint density at radius 2 is 1.24 bits per heavy atom. The fraction of sp³-hybridized carbons (Fsp3) is 0.462. The van der Waals surface area contributed by atoms with E-state index in [0.717, 1.165) is 76.8 Å². The molecule has 0 unspecified atom stereocenters. The van der Waals surface area contributed by atoms with E-state index in [9.17, 15) is 9.59 Å². The van der Waals surface area contributed by atoms with Crippen molar-refractivity contribution in [1.82, 2.24) is 39.1 Å². The van der Waals surface area contributed by atoms with E-state index < -0.39 is 11.2 Å². The molecular formula is C39H48N8O4. The monoisotopic (exact) mass is 692 g/mol. The molecule has 2 fully saturated rings. The van der Waals surface area contributed by atoms with Gasteiger partial charge in [0.15, 0.2) is 0 Å². The number of carbonyl (C=O) groups excluding carboxylic acids is 2. The number of nitrogens with zero attached hydrogens (tertiary/aromatic N) is 6. The zero-order chi connectivity index (χ0) is 36.2. The number of rotatable bonds is 5. The fourth-order valence-electron chi connectivity index (χ4n) is 7.29. The van der Waals surface area contributed by atoms with Crippen LogP contribution in [0.15, 0.2) is 61.2 Å². The van der Waals surface area contributed by atoms with Crippen LogP contribution in [0, 0.1) is 0 Å². The summed E-state index contributed by atoms with van der Waals surface area (Å²) in [6, 6.07) is 12.1. The van der Waals surface area contributed by atoms with Gasteiger partial charge in [-0.3, -0.25) is 14.8 Å². The second kappa shape index (κ2) is 12.9. The topological polar surface area (TPSA) is 134 Å². The van der Waals surface area contributed by atoms with Gasteiger partial charge in [-0.25, -0.2) is 19.6 Å². The van der Waals surface area contributed by atoms with Crippen LogP contribution in [0.5, 0.6) is 0 Å². The van der Waals surface area contributed by atoms with Crippen LogP contribution >= 0.6 is 0 Å². The highest BCUT2D eigenvalue weighted by atomic mass is 16.6. The van der Waals surface area contributed by atoms with E-state index >= 15 is 0 Å². The van der Waals surface area contributed by atoms with Crippen LogP contribution in [-0.4, -0.2) is 74.6 Å². The third-order valence-corrected chi connectivity index (χ3v) is 9.66. The average Bonchev–Trinajstić information content (AvgIpc) is 3.88. The van der Waals surface area contributed by atoms with Crippen molar-refractivity contribution in [3.8, 4) is 33.9 Å². The van der Waals surface area contributed by atoms with Crippen molar-refractivity contribution in [2.24, 2.45) is 0 Å². The van der Waals surface area contributed by atoms with Gasteiger partial charge in [0.05, 0.1) is 35.2 Å². The average molecular weight is 693 g/mol. The van der Waals surface area contributed by atoms with E-state index in [4.69, 9.17) is 24.4 Å². The van der Waals surface area contributed by atoms with E-state index in [1.54, 1.807) is 4.90 Å². The summed E-state index contributed by atoms with van der Waals surface area (Å²) in [4.78, 5) is 51.2. The van der Waals surface area contributed by atoms with E-state index in [-0.39, 0.29) is 36.4 Å². The SMILES string of the molecule is C[C@H]1CC[C@@H](c2nc(-c3ccc(-c4cnc(-c5c[nH]c([C@@H]6CC[C@H](C)N6C(=O)OC(C)(C)C)n5)c5cccn45)cc3)c[nH]2)N1C(=O)OC(C)(C)C. The summed E-state index contributed by atoms with van der Waals surface area (Å²) in [7, 11) is 0. The zero-order valence-electron chi connectivity index (χ0n) is 30.7. The number of amides is 2. The minimum absolute atomic E-state index is 0.0558. The number of hydrogen-bond donors (Lipinski definition) is 2. The number of aromatic amines is 2. The van der Waals surface area contributed by atoms with Crippen LogP contribution in [0.25, 0.3) is 39.4 Å². The number of imidazole rings is 2. The lowest BCUT2D eigenvalue weighted by Gasteiger charge is -2.30. The Morgan fingerprint density at radius 1 is 0.725 bits per heavy atom. The summed E-state index contributed by atoms with van der Waals surface area (Å²) in [6.45, 7) is 15.4. The normalized spacial score (nSPS) is 21.1. The lowest BCUT2D eigenvalue weighted by Crippen LogP contribution is -2.40. The molecule has 5 aromatic rings. The predicted octanol–water partition coefficient (Wildman–Crippen LogP) is 8.70. The Kier molecular flexibility index (Phi) is 8.67. The van der Waals surface area contributed by atoms with Gasteiger partial charge in [-0.15, -0.1) is 0 Å². The molecule has 0 bridgehead atoms. The molecule has 268 valence electrons. The molecule has 2 aliphatic heterocycles. The summed E-state index contributed by atoms with van der Waals surface area (Å²) in [6.07, 6.45) is 10.4. The first kappa shape index (κ1) is 34.3. The third kappa shape index (κ3) is 6.83. The van der Waals surface area contributed by atoms with Crippen molar-refractivity contribution in [2.45, 2.75) is 116 Å². The maximum absolute atomic E-state index is 13.1. The third-order valence-electron chi connectivity index (χ3n) is 9.66. The molecule has 12 nitrogen and oxygen atoms in total. The van der Waals surface area contributed by atoms with Crippen LogP contribution < -0.4 is 0 Å². The quantitative estimate of drug-likeness (QED) is 0.188. The van der Waals surface area contributed by atoms with Crippen molar-refractivity contribution in [1.29, 1.82) is 0 Å². The van der Waals surface area contributed by atoms with E-state index in [1.807, 2.05) is 83.4 Å². The Labute approximate surface area is 298 Å². The van der Waals surface area contributed by atoms with E-state index in [1.165, 1.54) is 0 Å². The largest absolute Gasteiger partial charge is 0.444 e. The number of benzene rings is 1. The molecule has 0 saturated carbocycles. The molecule has 0 aliphatic carbocycles. The van der Waals surface area contributed by atoms with Crippen LogP contribution in [0.4, 0.5) is 9.59 Å². The molecule has 12 heteroatoms. The minimum Gasteiger partial charge on any atom is -0.444 e. The zero-order valence-corrected chi connectivity index (χ0v) is 30.7. The highest BCUT2D eigenvalue weighted by Gasteiger charge is 2.40. The molecule has 2 N–H and O–H groups in total. The molecule has 4 aromatic heterocycles. The fourth-order valence-corrected chi connectivity index (χ4v) is 7.29. The molecular weight excluding hydrogens is 644 g/mol. The van der Waals surface area contributed by atoms with Gasteiger partial charge in [0.2, 0.25) is 0 Å². The standard InChI is InChI=1S/C39H48N8O4/c1-23-11-17-30(46(23)36(48)50-38(3,4)5)34-41-20-27(43-34)25-13-15-26(16-14-25)32-22-40-33(29-10-9-19-45(29)32)28-21-42-35(44-28)31-18-12-24(2)47(31)37(49)51-39(6,7)8/h9-10,13-16,19-24,30-31H,11-12,17-18H2,1-8H3,(H,41,43)(H,42,44)/t23-,24-,30-,31-/m0/s1. The summed E-state index contributed by atoms with van der Waals surface area (Å²) >= 11 is 0. The molecule has 2 aliphatic rings. The van der Waals surface area contributed by atoms with Gasteiger partial charge < -0.3 is 23.8 Å². The van der Waals surface area contributed by atoms with Crippen molar-refractivity contribution in [3.05, 3.63) is 72.8 Å². The Hall–Kier alpha value is -5.13. The number of fused-ring (bicyclic) bond motifs is 1. The lowest BCUT2D eigenvalue weighted by atomic mass is 10.1. The Morgan fingerprint density at radius 3 is 1.78 bits per heavy atom. The van der Waals surface area contributed by atoms with Gasteiger partial charge in [-0.1, -0.05) is 24.3 Å². The van der Waals surface area contributed by atoms with Gasteiger partial charge in [0.25, 0.3) is 0 Å². The highest BCUT2D eigenvalue weighted by Crippen LogP contribution is 2.39. The smallest absolute Gasteiger partial charge is 0.411 e. The maximum atomic E-state index is 13.1. The molecule has 0 radical (unpaired) electrons. The Bertz CT molecular complexity index is 2050. The highest BCUT2D eigenvalue weighted by molar-refractivity contribution is 5.79. The van der Waals surface area contributed by atoms with Crippen LogP contribution in [0.1, 0.15) is 105 Å². The summed E-state index contributed by atoms with van der Waals surface area (Å²) in [5.74, 6) is 1.49. The van der Waals surface area contributed by atoms with Gasteiger partial charge in [0.1, 0.15) is 34.2 Å². The summed E-state index contributed by atoms with van der Waals surface area (Å²) in [5, 5.41) is 0. The second-order valence-corrected chi connectivity index (χ2v) is 15.8. The number of aromatic nitrogens is 6. The number of H-pyrrole nitrogens is 2. The first-order chi connectivity index (χ1) is 24.2. The van der Waals surface area contributed by atoms with Crippen LogP contribution in [-0.2, 0) is 9.47 Å². The maximum Gasteiger partial charge on any atom is 0.411 e. The Balaban J connectivity index is 1.10. The van der Waals surface area contributed by atoms with Crippen molar-refractivity contribution < 1.29 is 19.1 Å². The number of hydrogen-bond acceptors (Lipinski definition) is 7. The van der Waals surface area contributed by atoms with Crippen LogP contribution in [0.2, 0.25) is 0 Å². The van der Waals surface area contributed by atoms with Gasteiger partial charge >= 0.3 is 12.2 Å². The van der Waals surface area contributed by atoms with Crippen molar-refractivity contribution >= 4 is 17.7 Å². The van der Waals surface area contributed by atoms with Gasteiger partial charge in [0, 0.05) is 41.8 Å². The molecule has 4 atom stereocenters. The molecule has 6 heterocycles. The number of likely N-dealkylation sites (tertiary alicyclic amines) is 2. The molecule has 0 spiro atoms. The van der Waals surface area contributed by atoms with Gasteiger partial charge in [-0.2, -0.15) is 0 Å². The summed E-state index contributed by atoms with van der Waals surface area (Å²) < 4.78 is 13.6. The van der Waals surface area contributed by atoms with E-state index in [0.29, 0.717) is 0 Å². The van der Waals surface area contributed by atoms with Crippen LogP contribution in [0.3, 0.4) is 0 Å². The first-order valence-electron chi connectivity index (χ1n) is 17.9. The van der Waals surface area contributed by atoms with Crippen molar-refractivity contribution in [2.75, 3.05) is 0 Å². The predicted molar refractivity (Wildman–Crippen MR) is 195 cm³/mol. The molecule has 1 aromatic carbocycles. The molecule has 2 saturated heterocycles. The number of carbonyl (C=O) groups is 2. The first-order valence-corrected chi connectivity index (χ1v) is 17.9. The second-order valence-electron chi connectivity index (χ2n) is 15.8.